The van der Waals surface area contributed by atoms with Gasteiger partial charge >= 0.3 is 0 Å². The van der Waals surface area contributed by atoms with Crippen molar-refractivity contribution in [3.05, 3.63) is 22.7 Å². The minimum absolute atomic E-state index is 0.0890. The molecule has 0 aliphatic rings. The lowest BCUT2D eigenvalue weighted by atomic mass is 10.1. The molecule has 0 atom stereocenters. The standard InChI is InChI=1S/C11H17N5S/c1-11(2,3)16-10(12-13-14-16)7-15(4)9-5-6-17-8-9/h5-6,8H,7H2,1-4H3. The van der Waals surface area contributed by atoms with Crippen molar-refractivity contribution in [3.8, 4) is 0 Å². The van der Waals surface area contributed by atoms with Gasteiger partial charge in [0.1, 0.15) is 0 Å². The summed E-state index contributed by atoms with van der Waals surface area (Å²) in [7, 11) is 2.05. The Balaban J connectivity index is 2.17. The average Bonchev–Trinajstić information content (AvgIpc) is 2.85. The van der Waals surface area contributed by atoms with E-state index in [1.165, 1.54) is 5.69 Å². The predicted octanol–water partition coefficient (Wildman–Crippen LogP) is 2.13. The quantitative estimate of drug-likeness (QED) is 0.838. The van der Waals surface area contributed by atoms with E-state index in [1.807, 2.05) is 11.7 Å². The molecule has 0 radical (unpaired) electrons. The van der Waals surface area contributed by atoms with Gasteiger partial charge in [-0.1, -0.05) is 0 Å². The van der Waals surface area contributed by atoms with Crippen LogP contribution in [0.25, 0.3) is 0 Å². The Kier molecular flexibility index (Phi) is 3.15. The molecule has 17 heavy (non-hydrogen) atoms. The van der Waals surface area contributed by atoms with Gasteiger partial charge in [0.15, 0.2) is 5.82 Å². The first-order chi connectivity index (χ1) is 7.98. The van der Waals surface area contributed by atoms with Gasteiger partial charge in [-0.2, -0.15) is 11.3 Å². The van der Waals surface area contributed by atoms with Crippen molar-refractivity contribution in [2.45, 2.75) is 32.9 Å². The molecule has 0 saturated carbocycles. The van der Waals surface area contributed by atoms with Gasteiger partial charge in [-0.25, -0.2) is 4.68 Å². The number of thiophene rings is 1. The second-order valence-electron chi connectivity index (χ2n) is 5.02. The van der Waals surface area contributed by atoms with Gasteiger partial charge in [0.05, 0.1) is 12.1 Å². The number of anilines is 1. The predicted molar refractivity (Wildman–Crippen MR) is 69.2 cm³/mol. The van der Waals surface area contributed by atoms with Crippen LogP contribution in [0, 0.1) is 0 Å². The molecule has 0 aromatic carbocycles. The van der Waals surface area contributed by atoms with Gasteiger partial charge in [-0.15, -0.1) is 5.10 Å². The van der Waals surface area contributed by atoms with Crippen LogP contribution in [0.5, 0.6) is 0 Å². The maximum absolute atomic E-state index is 4.10. The number of rotatable bonds is 3. The molecule has 0 amide bonds. The van der Waals surface area contributed by atoms with Gasteiger partial charge in [0.25, 0.3) is 0 Å². The van der Waals surface area contributed by atoms with Crippen LogP contribution >= 0.6 is 11.3 Å². The summed E-state index contributed by atoms with van der Waals surface area (Å²) in [5.74, 6) is 0.881. The average molecular weight is 251 g/mol. The molecule has 0 spiro atoms. The minimum atomic E-state index is -0.0890. The molecule has 92 valence electrons. The molecular formula is C11H17N5S. The number of tetrazole rings is 1. The van der Waals surface area contributed by atoms with E-state index in [-0.39, 0.29) is 5.54 Å². The van der Waals surface area contributed by atoms with Crippen molar-refractivity contribution >= 4 is 17.0 Å². The molecule has 0 aliphatic carbocycles. The van der Waals surface area contributed by atoms with E-state index in [9.17, 15) is 0 Å². The van der Waals surface area contributed by atoms with Crippen LogP contribution in [-0.2, 0) is 12.1 Å². The largest absolute Gasteiger partial charge is 0.366 e. The molecule has 0 aliphatic heterocycles. The second kappa shape index (κ2) is 4.44. The highest BCUT2D eigenvalue weighted by molar-refractivity contribution is 7.08. The molecule has 6 heteroatoms. The molecule has 0 fully saturated rings. The Labute approximate surface area is 105 Å². The lowest BCUT2D eigenvalue weighted by molar-refractivity contribution is 0.335. The summed E-state index contributed by atoms with van der Waals surface area (Å²) in [6.45, 7) is 6.99. The third-order valence-electron chi connectivity index (χ3n) is 2.50. The van der Waals surface area contributed by atoms with Gasteiger partial charge in [0, 0.05) is 18.1 Å². The van der Waals surface area contributed by atoms with Crippen LogP contribution in [0.15, 0.2) is 16.8 Å². The van der Waals surface area contributed by atoms with Crippen molar-refractivity contribution < 1.29 is 0 Å². The van der Waals surface area contributed by atoms with E-state index in [2.05, 4.69) is 58.0 Å². The Morgan fingerprint density at radius 1 is 1.41 bits per heavy atom. The van der Waals surface area contributed by atoms with Crippen LogP contribution < -0.4 is 4.90 Å². The monoisotopic (exact) mass is 251 g/mol. The number of nitrogens with zero attached hydrogens (tertiary/aromatic N) is 5. The molecular weight excluding hydrogens is 234 g/mol. The third kappa shape index (κ3) is 2.63. The van der Waals surface area contributed by atoms with Gasteiger partial charge in [0.2, 0.25) is 0 Å². The molecule has 2 aromatic rings. The zero-order valence-electron chi connectivity index (χ0n) is 10.6. The summed E-state index contributed by atoms with van der Waals surface area (Å²) < 4.78 is 1.87. The molecule has 2 aromatic heterocycles. The summed E-state index contributed by atoms with van der Waals surface area (Å²) >= 11 is 1.69. The van der Waals surface area contributed by atoms with Crippen molar-refractivity contribution in [2.24, 2.45) is 0 Å². The zero-order valence-corrected chi connectivity index (χ0v) is 11.4. The third-order valence-corrected chi connectivity index (χ3v) is 3.17. The first-order valence-corrected chi connectivity index (χ1v) is 6.44. The molecule has 0 saturated heterocycles. The van der Waals surface area contributed by atoms with Crippen LogP contribution in [-0.4, -0.2) is 27.3 Å². The van der Waals surface area contributed by atoms with E-state index >= 15 is 0 Å². The summed E-state index contributed by atoms with van der Waals surface area (Å²) in [4.78, 5) is 2.14. The van der Waals surface area contributed by atoms with Crippen LogP contribution in [0.4, 0.5) is 5.69 Å². The van der Waals surface area contributed by atoms with Crippen LogP contribution in [0.2, 0.25) is 0 Å². The first-order valence-electron chi connectivity index (χ1n) is 5.49. The summed E-state index contributed by atoms with van der Waals surface area (Å²) in [5.41, 5.74) is 1.10. The molecule has 2 heterocycles. The number of hydrogen-bond acceptors (Lipinski definition) is 5. The number of hydrogen-bond donors (Lipinski definition) is 0. The van der Waals surface area contributed by atoms with Crippen LogP contribution in [0.3, 0.4) is 0 Å². The topological polar surface area (TPSA) is 46.8 Å². The Bertz CT molecular complexity index is 468. The summed E-state index contributed by atoms with van der Waals surface area (Å²) in [6.07, 6.45) is 0. The summed E-state index contributed by atoms with van der Waals surface area (Å²) in [6, 6.07) is 2.09. The molecule has 2 rings (SSSR count). The van der Waals surface area contributed by atoms with E-state index < -0.39 is 0 Å². The Morgan fingerprint density at radius 3 is 2.76 bits per heavy atom. The fourth-order valence-corrected chi connectivity index (χ4v) is 2.30. The van der Waals surface area contributed by atoms with E-state index in [4.69, 9.17) is 0 Å². The van der Waals surface area contributed by atoms with E-state index in [0.717, 1.165) is 5.82 Å². The highest BCUT2D eigenvalue weighted by Crippen LogP contribution is 2.19. The molecule has 5 nitrogen and oxygen atoms in total. The zero-order chi connectivity index (χ0) is 12.5. The van der Waals surface area contributed by atoms with E-state index in [1.54, 1.807) is 11.3 Å². The Morgan fingerprint density at radius 2 is 2.18 bits per heavy atom. The molecule has 0 bridgehead atoms. The van der Waals surface area contributed by atoms with E-state index in [0.29, 0.717) is 6.54 Å². The maximum atomic E-state index is 4.10. The first kappa shape index (κ1) is 12.0. The smallest absolute Gasteiger partial charge is 0.171 e. The van der Waals surface area contributed by atoms with Gasteiger partial charge in [-0.05, 0) is 42.6 Å². The fraction of sp³-hybridized carbons (Fsp3) is 0.545. The fourth-order valence-electron chi connectivity index (χ4n) is 1.60. The van der Waals surface area contributed by atoms with Crippen LogP contribution in [0.1, 0.15) is 26.6 Å². The normalized spacial score (nSPS) is 11.8. The molecule has 0 unspecified atom stereocenters. The Hall–Kier alpha value is -1.43. The second-order valence-corrected chi connectivity index (χ2v) is 5.80. The van der Waals surface area contributed by atoms with Crippen molar-refractivity contribution in [1.82, 2.24) is 20.2 Å². The lowest BCUT2D eigenvalue weighted by Gasteiger charge is -2.22. The number of aromatic nitrogens is 4. The highest BCUT2D eigenvalue weighted by Gasteiger charge is 2.20. The SMILES string of the molecule is CN(Cc1nnnn1C(C)(C)C)c1ccsc1. The van der Waals surface area contributed by atoms with Gasteiger partial charge < -0.3 is 4.90 Å². The van der Waals surface area contributed by atoms with Crippen molar-refractivity contribution in [2.75, 3.05) is 11.9 Å². The molecule has 0 N–H and O–H groups in total. The summed E-state index contributed by atoms with van der Waals surface area (Å²) in [5, 5.41) is 16.1. The van der Waals surface area contributed by atoms with Crippen molar-refractivity contribution in [3.63, 3.8) is 0 Å². The van der Waals surface area contributed by atoms with Crippen molar-refractivity contribution in [1.29, 1.82) is 0 Å². The highest BCUT2D eigenvalue weighted by atomic mass is 32.1. The minimum Gasteiger partial charge on any atom is -0.366 e. The maximum Gasteiger partial charge on any atom is 0.171 e. The van der Waals surface area contributed by atoms with Gasteiger partial charge in [-0.3, -0.25) is 0 Å². The lowest BCUT2D eigenvalue weighted by Crippen LogP contribution is -2.28.